The van der Waals surface area contributed by atoms with Gasteiger partial charge in [-0.25, -0.2) is 0 Å². The van der Waals surface area contributed by atoms with E-state index in [1.807, 2.05) is 85.7 Å². The second kappa shape index (κ2) is 13.2. The van der Waals surface area contributed by atoms with Crippen LogP contribution in [-0.2, 0) is 37.9 Å². The molecule has 43 heavy (non-hydrogen) atoms. The van der Waals surface area contributed by atoms with Crippen LogP contribution in [0.5, 0.6) is 5.75 Å². The maximum Gasteiger partial charge on any atom is 0.163 e. The lowest BCUT2D eigenvalue weighted by Gasteiger charge is -2.26. The lowest BCUT2D eigenvalue weighted by atomic mass is 9.89. The minimum atomic E-state index is -0.653. The van der Waals surface area contributed by atoms with Crippen molar-refractivity contribution in [1.82, 2.24) is 0 Å². The third-order valence-electron chi connectivity index (χ3n) is 8.74. The van der Waals surface area contributed by atoms with E-state index in [4.69, 9.17) is 42.6 Å². The maximum absolute atomic E-state index is 6.41. The predicted molar refractivity (Wildman–Crippen MR) is 161 cm³/mol. The lowest BCUT2D eigenvalue weighted by Crippen LogP contribution is -2.38. The van der Waals surface area contributed by atoms with Gasteiger partial charge in [-0.2, -0.15) is 0 Å². The predicted octanol–water partition coefficient (Wildman–Crippen LogP) is 6.37. The van der Waals surface area contributed by atoms with Crippen LogP contribution in [0.4, 0.5) is 0 Å². The average Bonchev–Trinajstić information content (AvgIpc) is 3.64. The first-order valence-electron chi connectivity index (χ1n) is 16.2. The first kappa shape index (κ1) is 33.1. The van der Waals surface area contributed by atoms with Gasteiger partial charge in [0.05, 0.1) is 32.0 Å². The van der Waals surface area contributed by atoms with Crippen LogP contribution >= 0.6 is 0 Å². The van der Waals surface area contributed by atoms with Crippen molar-refractivity contribution in [1.29, 1.82) is 0 Å². The van der Waals surface area contributed by atoms with Gasteiger partial charge in [-0.3, -0.25) is 0 Å². The zero-order valence-electron chi connectivity index (χ0n) is 27.5. The smallest absolute Gasteiger partial charge is 0.163 e. The van der Waals surface area contributed by atoms with Crippen molar-refractivity contribution >= 4 is 0 Å². The van der Waals surface area contributed by atoms with Gasteiger partial charge >= 0.3 is 0 Å². The first-order valence-corrected chi connectivity index (χ1v) is 16.2. The Hall–Kier alpha value is -1.30. The minimum Gasteiger partial charge on any atom is -0.494 e. The van der Waals surface area contributed by atoms with Crippen molar-refractivity contribution in [3.63, 3.8) is 0 Å². The Bertz CT molecular complexity index is 1030. The monoisotopic (exact) mass is 606 g/mol. The van der Waals surface area contributed by atoms with Gasteiger partial charge in [-0.1, -0.05) is 31.0 Å². The van der Waals surface area contributed by atoms with Crippen molar-refractivity contribution in [2.75, 3.05) is 19.8 Å². The number of benzene rings is 1. The molecule has 0 N–H and O–H groups in total. The molecular weight excluding hydrogens is 552 g/mol. The van der Waals surface area contributed by atoms with Crippen LogP contribution in [0, 0.1) is 5.92 Å². The molecule has 0 amide bonds. The molecule has 4 aliphatic heterocycles. The molecule has 5 rings (SSSR count). The fourth-order valence-corrected chi connectivity index (χ4v) is 6.86. The van der Waals surface area contributed by atoms with E-state index in [1.165, 1.54) is 0 Å². The quantitative estimate of drug-likeness (QED) is 0.255. The second-order valence-electron chi connectivity index (χ2n) is 14.3. The highest BCUT2D eigenvalue weighted by Gasteiger charge is 2.51. The summed E-state index contributed by atoms with van der Waals surface area (Å²) in [5.41, 5.74) is 0. The Morgan fingerprint density at radius 3 is 1.67 bits per heavy atom. The molecule has 0 aliphatic carbocycles. The average molecular weight is 607 g/mol. The fourth-order valence-electron chi connectivity index (χ4n) is 6.86. The minimum absolute atomic E-state index is 0.0432. The van der Waals surface area contributed by atoms with Gasteiger partial charge in [0, 0.05) is 0 Å². The van der Waals surface area contributed by atoms with Crippen LogP contribution in [-0.4, -0.2) is 79.6 Å². The van der Waals surface area contributed by atoms with Gasteiger partial charge in [0.15, 0.2) is 23.1 Å². The van der Waals surface area contributed by atoms with Crippen LogP contribution < -0.4 is 4.74 Å². The molecule has 4 saturated heterocycles. The van der Waals surface area contributed by atoms with Crippen molar-refractivity contribution < 1.29 is 42.6 Å². The van der Waals surface area contributed by atoms with E-state index in [1.54, 1.807) is 0 Å². The molecule has 0 aromatic heterocycles. The van der Waals surface area contributed by atoms with E-state index in [0.717, 1.165) is 44.3 Å². The molecule has 4 aliphatic rings. The Labute approximate surface area is 258 Å². The molecule has 0 saturated carbocycles. The van der Waals surface area contributed by atoms with E-state index >= 15 is 0 Å². The zero-order chi connectivity index (χ0) is 30.9. The highest BCUT2D eigenvalue weighted by atomic mass is 16.8. The molecule has 1 aromatic carbocycles. The Morgan fingerprint density at radius 1 is 0.628 bits per heavy atom. The third kappa shape index (κ3) is 9.13. The summed E-state index contributed by atoms with van der Waals surface area (Å²) in [6.45, 7) is 17.4. The molecule has 9 nitrogen and oxygen atoms in total. The van der Waals surface area contributed by atoms with Gasteiger partial charge in [-0.15, -0.1) is 0 Å². The highest BCUT2D eigenvalue weighted by molar-refractivity contribution is 5.20. The topological polar surface area (TPSA) is 83.1 Å². The van der Waals surface area contributed by atoms with E-state index in [-0.39, 0.29) is 36.6 Å². The summed E-state index contributed by atoms with van der Waals surface area (Å²) in [7, 11) is 0. The molecule has 0 radical (unpaired) electrons. The van der Waals surface area contributed by atoms with Crippen molar-refractivity contribution in [2.45, 2.75) is 154 Å². The van der Waals surface area contributed by atoms with Gasteiger partial charge in [0.2, 0.25) is 0 Å². The third-order valence-corrected chi connectivity index (χ3v) is 8.74. The summed E-state index contributed by atoms with van der Waals surface area (Å²) < 4.78 is 55.6. The van der Waals surface area contributed by atoms with Crippen LogP contribution in [0.25, 0.3) is 0 Å². The van der Waals surface area contributed by atoms with Gasteiger partial charge in [0.1, 0.15) is 30.2 Å². The van der Waals surface area contributed by atoms with Crippen LogP contribution in [0.2, 0.25) is 0 Å². The summed E-state index contributed by atoms with van der Waals surface area (Å²) in [6, 6.07) is 10.0. The second-order valence-corrected chi connectivity index (χ2v) is 14.3. The largest absolute Gasteiger partial charge is 0.494 e. The van der Waals surface area contributed by atoms with Gasteiger partial charge < -0.3 is 42.6 Å². The summed E-state index contributed by atoms with van der Waals surface area (Å²) in [5.74, 6) is -1.14. The molecule has 0 spiro atoms. The molecule has 0 bridgehead atoms. The molecule has 4 heterocycles. The van der Waals surface area contributed by atoms with Crippen LogP contribution in [0.1, 0.15) is 93.9 Å². The van der Waals surface area contributed by atoms with E-state index in [2.05, 4.69) is 0 Å². The molecule has 244 valence electrons. The number of para-hydroxylation sites is 1. The Balaban J connectivity index is 1.18. The fraction of sp³-hybridized carbons (Fsp3) is 0.824. The standard InChI is InChI=1S/C34H54O9/c1-31(2)36-21-27(40-31)29-25(38-33(5,6)42-29)16-12-13-23(19-20-35-24-14-10-9-11-15-24)17-18-26-30(43-34(7,8)39-26)28-22-37-32(3,4)41-28/h9-11,14-15,23,25-30H,12-13,16-22H2,1-8H3. The number of ether oxygens (including phenoxy) is 9. The van der Waals surface area contributed by atoms with Crippen LogP contribution in [0.3, 0.4) is 0 Å². The summed E-state index contributed by atoms with van der Waals surface area (Å²) >= 11 is 0. The van der Waals surface area contributed by atoms with Gasteiger partial charge in [0.25, 0.3) is 0 Å². The normalized spacial score (nSPS) is 34.9. The molecular formula is C34H54O9. The van der Waals surface area contributed by atoms with Crippen molar-refractivity contribution in [2.24, 2.45) is 5.92 Å². The number of hydrogen-bond donors (Lipinski definition) is 0. The summed E-state index contributed by atoms with van der Waals surface area (Å²) in [6.07, 6.45) is 5.09. The van der Waals surface area contributed by atoms with E-state index in [0.29, 0.717) is 25.7 Å². The number of rotatable bonds is 13. The summed E-state index contributed by atoms with van der Waals surface area (Å²) in [5, 5.41) is 0. The lowest BCUT2D eigenvalue weighted by molar-refractivity contribution is -0.174. The van der Waals surface area contributed by atoms with E-state index < -0.39 is 23.1 Å². The van der Waals surface area contributed by atoms with Crippen molar-refractivity contribution in [3.8, 4) is 5.75 Å². The molecule has 1 aromatic rings. The van der Waals surface area contributed by atoms with E-state index in [9.17, 15) is 0 Å². The molecule has 7 atom stereocenters. The molecule has 7 unspecified atom stereocenters. The Kier molecular flexibility index (Phi) is 10.2. The maximum atomic E-state index is 6.41. The van der Waals surface area contributed by atoms with Gasteiger partial charge in [-0.05, 0) is 99.1 Å². The SMILES string of the molecule is CC1(C)OCC(C2OC(C)(C)OC2CCCC(CCOc2ccccc2)CCC2OC(C)(C)OC2C2COC(C)(C)O2)O1. The zero-order valence-corrected chi connectivity index (χ0v) is 27.5. The van der Waals surface area contributed by atoms with Crippen LogP contribution in [0.15, 0.2) is 30.3 Å². The summed E-state index contributed by atoms with van der Waals surface area (Å²) in [4.78, 5) is 0. The number of hydrogen-bond acceptors (Lipinski definition) is 9. The molecule has 9 heteroatoms. The highest BCUT2D eigenvalue weighted by Crippen LogP contribution is 2.40. The first-order chi connectivity index (χ1) is 20.2. The Morgan fingerprint density at radius 2 is 1.16 bits per heavy atom. The molecule has 4 fully saturated rings. The van der Waals surface area contributed by atoms with Crippen molar-refractivity contribution in [3.05, 3.63) is 30.3 Å².